The maximum absolute atomic E-state index is 7.95. The molecule has 0 N–H and O–H groups in total. The second-order valence-electron chi connectivity index (χ2n) is 13.3. The predicted octanol–water partition coefficient (Wildman–Crippen LogP) is 9.43. The summed E-state index contributed by atoms with van der Waals surface area (Å²) < 4.78 is 52.3. The van der Waals surface area contributed by atoms with Gasteiger partial charge in [-0.3, -0.25) is 0 Å². The quantitative estimate of drug-likeness (QED) is 0.131. The first-order valence-corrected chi connectivity index (χ1v) is 26.0. The SMILES string of the molecule is C[Si](C)(C)c1ccc(-c2[c-]cccc2)nc1.[2H]C([2H])([2H])c1cnc(-c2[c-]ccc3c2sc2c4[c](ccc23)[Ge]([CH3])([CH3])[c]2ccccc2-4)cc1C([2H])([2H])[2H].[Ir]. The van der Waals surface area contributed by atoms with Crippen LogP contribution >= 0.6 is 11.3 Å². The number of pyridine rings is 2. The van der Waals surface area contributed by atoms with Crippen molar-refractivity contribution < 1.29 is 28.3 Å². The molecule has 0 aliphatic carbocycles. The maximum atomic E-state index is 7.95. The third-order valence-corrected chi connectivity index (χ3v) is 19.6. The van der Waals surface area contributed by atoms with Crippen molar-refractivity contribution in [3.63, 3.8) is 0 Å². The summed E-state index contributed by atoms with van der Waals surface area (Å²) in [7, 11) is -1.23. The van der Waals surface area contributed by atoms with Crippen molar-refractivity contribution in [1.82, 2.24) is 9.97 Å². The van der Waals surface area contributed by atoms with E-state index in [1.807, 2.05) is 42.6 Å². The fraction of sp³-hybridized carbons (Fsp3) is 0.171. The van der Waals surface area contributed by atoms with Crippen LogP contribution in [0.25, 0.3) is 53.8 Å². The molecule has 1 aliphatic rings. The molecule has 4 heterocycles. The smallest absolute Gasteiger partial charge is 0 e. The number of thiophene rings is 1. The van der Waals surface area contributed by atoms with Gasteiger partial charge in [-0.2, -0.15) is 0 Å². The molecule has 0 amide bonds. The van der Waals surface area contributed by atoms with Crippen LogP contribution < -0.4 is 14.0 Å². The predicted molar refractivity (Wildman–Crippen MR) is 205 cm³/mol. The molecule has 1 aliphatic heterocycles. The summed E-state index contributed by atoms with van der Waals surface area (Å²) in [4.78, 5) is 8.93. The van der Waals surface area contributed by atoms with Crippen LogP contribution in [0.5, 0.6) is 0 Å². The summed E-state index contributed by atoms with van der Waals surface area (Å²) in [5.74, 6) is 4.88. The van der Waals surface area contributed by atoms with E-state index in [1.165, 1.54) is 42.1 Å². The zero-order chi connectivity index (χ0) is 37.2. The fourth-order valence-electron chi connectivity index (χ4n) is 6.32. The summed E-state index contributed by atoms with van der Waals surface area (Å²) in [6.07, 6.45) is 3.20. The molecule has 0 atom stereocenters. The van der Waals surface area contributed by atoms with Gasteiger partial charge in [0.05, 0.1) is 8.07 Å². The van der Waals surface area contributed by atoms with Crippen molar-refractivity contribution in [3.8, 4) is 33.6 Å². The summed E-state index contributed by atoms with van der Waals surface area (Å²) in [6, 6.07) is 37.2. The molecule has 47 heavy (non-hydrogen) atoms. The number of rotatable bonds is 3. The van der Waals surface area contributed by atoms with Gasteiger partial charge in [0.25, 0.3) is 0 Å². The molecule has 7 aromatic rings. The van der Waals surface area contributed by atoms with Gasteiger partial charge in [0, 0.05) is 26.3 Å². The molecule has 1 radical (unpaired) electrons. The monoisotopic (exact) mass is 891 g/mol. The molecule has 0 bridgehead atoms. The van der Waals surface area contributed by atoms with Crippen molar-refractivity contribution in [2.45, 2.75) is 44.9 Å². The van der Waals surface area contributed by atoms with Crippen LogP contribution in [0.1, 0.15) is 19.4 Å². The third kappa shape index (κ3) is 6.13. The Labute approximate surface area is 308 Å². The molecule has 0 saturated carbocycles. The number of benzene rings is 4. The maximum Gasteiger partial charge on any atom is 0 e. The van der Waals surface area contributed by atoms with E-state index < -0.39 is 35.0 Å². The minimum atomic E-state index is -2.57. The Bertz CT molecular complexity index is 2460. The van der Waals surface area contributed by atoms with Crippen LogP contribution in [0.4, 0.5) is 0 Å². The van der Waals surface area contributed by atoms with Gasteiger partial charge in [-0.05, 0) is 10.9 Å². The van der Waals surface area contributed by atoms with Gasteiger partial charge in [0.2, 0.25) is 0 Å². The first kappa shape index (κ1) is 26.7. The van der Waals surface area contributed by atoms with Crippen molar-refractivity contribution in [2.75, 3.05) is 0 Å². The number of nitrogens with zero attached hydrogens (tertiary/aromatic N) is 2. The van der Waals surface area contributed by atoms with E-state index >= 15 is 0 Å². The topological polar surface area (TPSA) is 25.8 Å². The van der Waals surface area contributed by atoms with E-state index in [-0.39, 0.29) is 31.2 Å². The first-order chi connectivity index (χ1) is 24.5. The van der Waals surface area contributed by atoms with E-state index in [4.69, 9.17) is 8.22 Å². The number of aryl methyl sites for hydroxylation is 2. The Morgan fingerprint density at radius 3 is 2.21 bits per heavy atom. The first-order valence-electron chi connectivity index (χ1n) is 18.4. The van der Waals surface area contributed by atoms with Crippen molar-refractivity contribution in [3.05, 3.63) is 127 Å². The third-order valence-electron chi connectivity index (χ3n) is 8.92. The Morgan fingerprint density at radius 1 is 0.723 bits per heavy atom. The molecule has 237 valence electrons. The minimum absolute atomic E-state index is 0. The zero-order valence-corrected chi connectivity index (χ0v) is 33.3. The number of hydrogen-bond acceptors (Lipinski definition) is 3. The molecule has 4 aromatic carbocycles. The fourth-order valence-corrected chi connectivity index (χ4v) is 15.3. The molecule has 0 unspecified atom stereocenters. The average Bonchev–Trinajstić information content (AvgIpc) is 3.60. The Hall–Kier alpha value is -3.19. The minimum Gasteiger partial charge on any atom is 0 e. The summed E-state index contributed by atoms with van der Waals surface area (Å²) in [5, 5.41) is 3.62. The van der Waals surface area contributed by atoms with Gasteiger partial charge in [-0.15, -0.1) is 35.9 Å². The second-order valence-corrected chi connectivity index (χ2v) is 28.5. The molecule has 8 rings (SSSR count). The zero-order valence-electron chi connectivity index (χ0n) is 33.0. The van der Waals surface area contributed by atoms with E-state index in [0.717, 1.165) is 26.7 Å². The Kier molecular flexibility index (Phi) is 7.40. The Morgan fingerprint density at radius 2 is 1.49 bits per heavy atom. The average molecular weight is 890 g/mol. The molecule has 6 heteroatoms. The summed E-state index contributed by atoms with van der Waals surface area (Å²) >= 11 is -0.720. The van der Waals surface area contributed by atoms with Crippen molar-refractivity contribution in [1.29, 1.82) is 0 Å². The molecule has 0 spiro atoms. The molecular formula is C41H38GeIrN2SSi-2. The van der Waals surface area contributed by atoms with Crippen LogP contribution in [0.2, 0.25) is 31.2 Å². The van der Waals surface area contributed by atoms with Gasteiger partial charge >= 0.3 is 192 Å². The normalized spacial score (nSPS) is 15.4. The summed E-state index contributed by atoms with van der Waals surface area (Å²) in [5.41, 5.74) is 5.40. The van der Waals surface area contributed by atoms with Gasteiger partial charge in [-0.1, -0.05) is 31.8 Å². The molecule has 0 saturated heterocycles. The molecule has 0 fully saturated rings. The van der Waals surface area contributed by atoms with E-state index in [1.54, 1.807) is 11.3 Å². The van der Waals surface area contributed by atoms with Crippen LogP contribution in [-0.2, 0) is 20.1 Å². The van der Waals surface area contributed by atoms with Gasteiger partial charge in [0.1, 0.15) is 0 Å². The number of aromatic nitrogens is 2. The second kappa shape index (κ2) is 13.0. The van der Waals surface area contributed by atoms with E-state index in [9.17, 15) is 0 Å². The van der Waals surface area contributed by atoms with E-state index in [2.05, 4.69) is 102 Å². The number of hydrogen-bond donors (Lipinski definition) is 0. The molecule has 2 nitrogen and oxygen atoms in total. The van der Waals surface area contributed by atoms with Crippen molar-refractivity contribution >= 4 is 66.8 Å². The molecular weight excluding hydrogens is 845 g/mol. The Balaban J connectivity index is 0.000000238. The van der Waals surface area contributed by atoms with Crippen molar-refractivity contribution in [2.24, 2.45) is 0 Å². The largest absolute Gasteiger partial charge is 0 e. The van der Waals surface area contributed by atoms with Crippen LogP contribution in [0.3, 0.4) is 0 Å². The molecule has 3 aromatic heterocycles. The van der Waals surface area contributed by atoms with Crippen LogP contribution in [-0.4, -0.2) is 31.3 Å². The van der Waals surface area contributed by atoms with Gasteiger partial charge < -0.3 is 4.98 Å². The standard InChI is InChI=1S/C27H22GeNS.C14H16NSi.Ir/c1-16-14-24(29-15-17(16)2)21-10-7-9-18-19-12-13-23-25(27(19)30-26(18)21)20-8-5-6-11-22(20)28(23,3)4;1-16(2,3)13-9-10-14(15-11-13)12-7-5-4-6-8-12;/h5-9,11-15H,1-4H3;4-7,9-11H,1-3H3;/q2*-1;/i1D3,2D3;;. The van der Waals surface area contributed by atoms with Crippen LogP contribution in [0.15, 0.2) is 103 Å². The van der Waals surface area contributed by atoms with E-state index in [0.29, 0.717) is 11.3 Å². The van der Waals surface area contributed by atoms with Gasteiger partial charge in [0.15, 0.2) is 0 Å². The summed E-state index contributed by atoms with van der Waals surface area (Å²) in [6.45, 7) is 1.86. The van der Waals surface area contributed by atoms with Gasteiger partial charge in [-0.25, -0.2) is 0 Å². The number of fused-ring (bicyclic) bond motifs is 7. The van der Waals surface area contributed by atoms with Crippen LogP contribution in [0, 0.1) is 25.8 Å².